The lowest BCUT2D eigenvalue weighted by Crippen LogP contribution is -2.05. The molecule has 0 atom stereocenters. The highest BCUT2D eigenvalue weighted by Gasteiger charge is 2.13. The maximum absolute atomic E-state index is 13.7. The molecule has 0 unspecified atom stereocenters. The lowest BCUT2D eigenvalue weighted by atomic mass is 10.1. The summed E-state index contributed by atoms with van der Waals surface area (Å²) in [5, 5.41) is 4.38. The molecule has 0 saturated heterocycles. The van der Waals surface area contributed by atoms with Gasteiger partial charge in [-0.3, -0.25) is 0 Å². The maximum atomic E-state index is 13.7. The first-order valence-electron chi connectivity index (χ1n) is 5.65. The molecule has 17 heavy (non-hydrogen) atoms. The van der Waals surface area contributed by atoms with Crippen molar-refractivity contribution < 1.29 is 4.39 Å². The molecule has 0 fully saturated rings. The smallest absolute Gasteiger partial charge is 0.148 e. The van der Waals surface area contributed by atoms with E-state index < -0.39 is 0 Å². The molecule has 3 nitrogen and oxygen atoms in total. The molecule has 0 aliphatic rings. The predicted molar refractivity (Wildman–Crippen MR) is 65.8 cm³/mol. The number of hydrogen-bond donors (Lipinski definition) is 1. The van der Waals surface area contributed by atoms with Crippen LogP contribution in [-0.4, -0.2) is 16.3 Å². The lowest BCUT2D eigenvalue weighted by molar-refractivity contribution is 0.608. The predicted octanol–water partition coefficient (Wildman–Crippen LogP) is 2.13. The summed E-state index contributed by atoms with van der Waals surface area (Å²) < 4.78 is 15.3. The summed E-state index contributed by atoms with van der Waals surface area (Å²) in [6.45, 7) is 4.44. The van der Waals surface area contributed by atoms with Crippen molar-refractivity contribution >= 4 is 0 Å². The minimum absolute atomic E-state index is 0.266. The maximum Gasteiger partial charge on any atom is 0.148 e. The SMILES string of the molecule is Cc1nn(-c2ccccc2F)c(C)c1CCN. The Labute approximate surface area is 100 Å². The molecule has 1 heterocycles. The third kappa shape index (κ3) is 2.08. The zero-order chi connectivity index (χ0) is 12.4. The molecule has 4 heteroatoms. The minimum atomic E-state index is -0.266. The lowest BCUT2D eigenvalue weighted by Gasteiger charge is -2.06. The molecule has 0 radical (unpaired) electrons. The van der Waals surface area contributed by atoms with E-state index in [-0.39, 0.29) is 5.82 Å². The topological polar surface area (TPSA) is 43.8 Å². The Morgan fingerprint density at radius 3 is 2.65 bits per heavy atom. The molecule has 2 aromatic rings. The molecule has 1 aromatic heterocycles. The largest absolute Gasteiger partial charge is 0.330 e. The molecule has 1 aromatic carbocycles. The van der Waals surface area contributed by atoms with Gasteiger partial charge in [-0.15, -0.1) is 0 Å². The van der Waals surface area contributed by atoms with Crippen LogP contribution in [-0.2, 0) is 6.42 Å². The molecule has 0 aliphatic carbocycles. The summed E-state index contributed by atoms with van der Waals surface area (Å²) in [5.41, 5.74) is 9.02. The monoisotopic (exact) mass is 233 g/mol. The van der Waals surface area contributed by atoms with E-state index in [1.165, 1.54) is 6.07 Å². The Balaban J connectivity index is 2.54. The van der Waals surface area contributed by atoms with Gasteiger partial charge in [-0.05, 0) is 44.5 Å². The molecule has 90 valence electrons. The van der Waals surface area contributed by atoms with Gasteiger partial charge in [0.2, 0.25) is 0 Å². The van der Waals surface area contributed by atoms with Crippen molar-refractivity contribution in [1.82, 2.24) is 9.78 Å². The van der Waals surface area contributed by atoms with Crippen molar-refractivity contribution in [1.29, 1.82) is 0 Å². The number of halogens is 1. The molecule has 0 amide bonds. The van der Waals surface area contributed by atoms with Gasteiger partial charge in [-0.1, -0.05) is 12.1 Å². The summed E-state index contributed by atoms with van der Waals surface area (Å²) >= 11 is 0. The van der Waals surface area contributed by atoms with Crippen LogP contribution in [0.25, 0.3) is 5.69 Å². The van der Waals surface area contributed by atoms with Crippen LogP contribution >= 0.6 is 0 Å². The Bertz CT molecular complexity index is 531. The van der Waals surface area contributed by atoms with Crippen LogP contribution in [0.2, 0.25) is 0 Å². The number of aromatic nitrogens is 2. The second-order valence-corrected chi connectivity index (χ2v) is 4.05. The molecule has 2 N–H and O–H groups in total. The Hall–Kier alpha value is -1.68. The number of para-hydroxylation sites is 1. The molecule has 0 spiro atoms. The first kappa shape index (κ1) is 11.8. The summed E-state index contributed by atoms with van der Waals surface area (Å²) in [6.07, 6.45) is 0.770. The first-order chi connectivity index (χ1) is 8.15. The van der Waals surface area contributed by atoms with Gasteiger partial charge in [-0.25, -0.2) is 9.07 Å². The standard InChI is InChI=1S/C13H16FN3/c1-9-11(7-8-15)10(2)17(16-9)13-6-4-3-5-12(13)14/h3-6H,7-8,15H2,1-2H3. The number of hydrogen-bond acceptors (Lipinski definition) is 2. The number of nitrogens with two attached hydrogens (primary N) is 1. The molecular formula is C13H16FN3. The number of nitrogens with zero attached hydrogens (tertiary/aromatic N) is 2. The quantitative estimate of drug-likeness (QED) is 0.882. The van der Waals surface area contributed by atoms with Crippen LogP contribution in [0.5, 0.6) is 0 Å². The van der Waals surface area contributed by atoms with Gasteiger partial charge >= 0.3 is 0 Å². The van der Waals surface area contributed by atoms with Crippen molar-refractivity contribution in [3.63, 3.8) is 0 Å². The van der Waals surface area contributed by atoms with Crippen LogP contribution in [0.3, 0.4) is 0 Å². The second kappa shape index (κ2) is 4.67. The third-order valence-electron chi connectivity index (χ3n) is 2.92. The molecule has 0 saturated carbocycles. The van der Waals surface area contributed by atoms with Crippen LogP contribution in [0.1, 0.15) is 17.0 Å². The third-order valence-corrected chi connectivity index (χ3v) is 2.92. The van der Waals surface area contributed by atoms with Gasteiger partial charge in [-0.2, -0.15) is 5.10 Å². The highest BCUT2D eigenvalue weighted by atomic mass is 19.1. The average molecular weight is 233 g/mol. The van der Waals surface area contributed by atoms with Gasteiger partial charge in [0.05, 0.1) is 5.69 Å². The Kier molecular flexibility index (Phi) is 3.24. The number of rotatable bonds is 3. The Morgan fingerprint density at radius 2 is 2.00 bits per heavy atom. The van der Waals surface area contributed by atoms with Gasteiger partial charge in [0.25, 0.3) is 0 Å². The van der Waals surface area contributed by atoms with E-state index in [9.17, 15) is 4.39 Å². The van der Waals surface area contributed by atoms with Gasteiger partial charge in [0.1, 0.15) is 11.5 Å². The fourth-order valence-electron chi connectivity index (χ4n) is 2.04. The fourth-order valence-corrected chi connectivity index (χ4v) is 2.04. The number of aryl methyl sites for hydroxylation is 1. The van der Waals surface area contributed by atoms with Gasteiger partial charge in [0.15, 0.2) is 0 Å². The van der Waals surface area contributed by atoms with E-state index in [0.717, 1.165) is 23.4 Å². The molecular weight excluding hydrogens is 217 g/mol. The molecule has 0 bridgehead atoms. The summed E-state index contributed by atoms with van der Waals surface area (Å²) in [7, 11) is 0. The van der Waals surface area contributed by atoms with Crippen LogP contribution in [0.15, 0.2) is 24.3 Å². The van der Waals surface area contributed by atoms with Gasteiger partial charge < -0.3 is 5.73 Å². The zero-order valence-corrected chi connectivity index (χ0v) is 10.1. The minimum Gasteiger partial charge on any atom is -0.330 e. The van der Waals surface area contributed by atoms with Crippen LogP contribution in [0.4, 0.5) is 4.39 Å². The zero-order valence-electron chi connectivity index (χ0n) is 10.1. The average Bonchev–Trinajstić information content (AvgIpc) is 2.58. The second-order valence-electron chi connectivity index (χ2n) is 4.05. The summed E-state index contributed by atoms with van der Waals surface area (Å²) in [5.74, 6) is -0.266. The molecule has 2 rings (SSSR count). The number of benzene rings is 1. The highest BCUT2D eigenvalue weighted by Crippen LogP contribution is 2.19. The van der Waals surface area contributed by atoms with E-state index >= 15 is 0 Å². The van der Waals surface area contributed by atoms with Crippen LogP contribution in [0, 0.1) is 19.7 Å². The summed E-state index contributed by atoms with van der Waals surface area (Å²) in [4.78, 5) is 0. The Morgan fingerprint density at radius 1 is 1.29 bits per heavy atom. The van der Waals surface area contributed by atoms with E-state index in [0.29, 0.717) is 12.2 Å². The fraction of sp³-hybridized carbons (Fsp3) is 0.308. The van der Waals surface area contributed by atoms with E-state index in [4.69, 9.17) is 5.73 Å². The van der Waals surface area contributed by atoms with Crippen molar-refractivity contribution in [2.45, 2.75) is 20.3 Å². The van der Waals surface area contributed by atoms with Crippen LogP contribution < -0.4 is 5.73 Å². The van der Waals surface area contributed by atoms with E-state index in [2.05, 4.69) is 5.10 Å². The summed E-state index contributed by atoms with van der Waals surface area (Å²) in [6, 6.07) is 6.64. The van der Waals surface area contributed by atoms with Crippen molar-refractivity contribution in [2.75, 3.05) is 6.54 Å². The van der Waals surface area contributed by atoms with Crippen molar-refractivity contribution in [3.05, 3.63) is 47.0 Å². The van der Waals surface area contributed by atoms with Crippen molar-refractivity contribution in [3.8, 4) is 5.69 Å². The highest BCUT2D eigenvalue weighted by molar-refractivity contribution is 5.38. The van der Waals surface area contributed by atoms with E-state index in [1.807, 2.05) is 13.8 Å². The normalized spacial score (nSPS) is 10.8. The van der Waals surface area contributed by atoms with Gasteiger partial charge in [0, 0.05) is 5.69 Å². The van der Waals surface area contributed by atoms with Crippen molar-refractivity contribution in [2.24, 2.45) is 5.73 Å². The first-order valence-corrected chi connectivity index (χ1v) is 5.65. The van der Waals surface area contributed by atoms with E-state index in [1.54, 1.807) is 22.9 Å². The molecule has 0 aliphatic heterocycles.